The second-order valence-corrected chi connectivity index (χ2v) is 7.50. The Balaban J connectivity index is 1.85. The van der Waals surface area contributed by atoms with Crippen molar-refractivity contribution >= 4 is 23.1 Å². The highest BCUT2D eigenvalue weighted by molar-refractivity contribution is 6.46. The molecule has 1 N–H and O–H groups in total. The smallest absolute Gasteiger partial charge is 0.295 e. The molecule has 0 saturated carbocycles. The number of hydrogen-bond acceptors (Lipinski definition) is 6. The lowest BCUT2D eigenvalue weighted by atomic mass is 9.94. The highest BCUT2D eigenvalue weighted by atomic mass is 16.6. The highest BCUT2D eigenvalue weighted by Gasteiger charge is 2.46. The number of likely N-dealkylation sites (tertiary alicyclic amines) is 1. The largest absolute Gasteiger partial charge is 0.507 e. The van der Waals surface area contributed by atoms with Crippen LogP contribution < -0.4 is 0 Å². The number of nitro benzene ring substituents is 1. The van der Waals surface area contributed by atoms with Gasteiger partial charge in [-0.3, -0.25) is 24.7 Å². The summed E-state index contributed by atoms with van der Waals surface area (Å²) in [5.41, 5.74) is 2.43. The monoisotopic (exact) mass is 429 g/mol. The van der Waals surface area contributed by atoms with Crippen LogP contribution in [0.3, 0.4) is 0 Å². The first-order valence-corrected chi connectivity index (χ1v) is 9.85. The van der Waals surface area contributed by atoms with Gasteiger partial charge in [-0.15, -0.1) is 0 Å². The zero-order valence-electron chi connectivity index (χ0n) is 17.1. The maximum Gasteiger partial charge on any atom is 0.295 e. The minimum atomic E-state index is -0.807. The van der Waals surface area contributed by atoms with E-state index in [1.165, 1.54) is 29.2 Å². The molecule has 0 radical (unpaired) electrons. The summed E-state index contributed by atoms with van der Waals surface area (Å²) in [6.45, 7) is 2.05. The molecule has 4 rings (SSSR count). The number of benzene rings is 2. The van der Waals surface area contributed by atoms with Crippen molar-refractivity contribution in [2.75, 3.05) is 0 Å². The molecule has 8 heteroatoms. The summed E-state index contributed by atoms with van der Waals surface area (Å²) in [4.78, 5) is 41.8. The molecule has 1 atom stereocenters. The Morgan fingerprint density at radius 2 is 1.78 bits per heavy atom. The topological polar surface area (TPSA) is 114 Å². The van der Waals surface area contributed by atoms with E-state index in [9.17, 15) is 24.8 Å². The van der Waals surface area contributed by atoms with E-state index in [1.807, 2.05) is 25.1 Å². The fourth-order valence-electron chi connectivity index (χ4n) is 3.81. The van der Waals surface area contributed by atoms with E-state index in [0.717, 1.165) is 11.1 Å². The zero-order valence-corrected chi connectivity index (χ0v) is 17.1. The van der Waals surface area contributed by atoms with Crippen LogP contribution in [0.15, 0.2) is 78.6 Å². The second kappa shape index (κ2) is 8.43. The Kier molecular flexibility index (Phi) is 5.51. The third kappa shape index (κ3) is 3.85. The van der Waals surface area contributed by atoms with Crippen LogP contribution in [0.25, 0.3) is 5.76 Å². The minimum Gasteiger partial charge on any atom is -0.507 e. The van der Waals surface area contributed by atoms with Gasteiger partial charge >= 0.3 is 0 Å². The molecule has 1 saturated heterocycles. The van der Waals surface area contributed by atoms with E-state index in [4.69, 9.17) is 0 Å². The van der Waals surface area contributed by atoms with Crippen molar-refractivity contribution in [3.05, 3.63) is 111 Å². The molecule has 0 aliphatic carbocycles. The highest BCUT2D eigenvalue weighted by Crippen LogP contribution is 2.40. The normalized spacial score (nSPS) is 17.5. The molecule has 0 spiro atoms. The average molecular weight is 429 g/mol. The molecule has 1 amide bonds. The molecular weight excluding hydrogens is 410 g/mol. The van der Waals surface area contributed by atoms with Crippen molar-refractivity contribution in [1.82, 2.24) is 9.88 Å². The van der Waals surface area contributed by atoms with Gasteiger partial charge in [-0.05, 0) is 42.3 Å². The number of non-ortho nitro benzene ring substituents is 1. The van der Waals surface area contributed by atoms with Gasteiger partial charge in [-0.1, -0.05) is 29.8 Å². The van der Waals surface area contributed by atoms with E-state index in [0.29, 0.717) is 5.56 Å². The Labute approximate surface area is 183 Å². The molecular formula is C24H19N3O5. The number of hydrogen-bond donors (Lipinski definition) is 1. The van der Waals surface area contributed by atoms with Gasteiger partial charge in [0.1, 0.15) is 5.76 Å². The molecule has 1 aromatic heterocycles. The van der Waals surface area contributed by atoms with Crippen molar-refractivity contribution in [3.8, 4) is 0 Å². The molecule has 0 bridgehead atoms. The standard InChI is InChI=1S/C24H19N3O5/c1-15-3-2-4-18(13-15)21-20(22(28)17-5-7-19(8-6-17)27(31)32)23(29)24(30)26(21)14-16-9-11-25-12-10-16/h2-13,21,28H,14H2,1H3/b22-20-. The number of nitrogens with zero attached hydrogens (tertiary/aromatic N) is 3. The predicted octanol–water partition coefficient (Wildman–Crippen LogP) is 3.92. The van der Waals surface area contributed by atoms with Gasteiger partial charge in [-0.25, -0.2) is 0 Å². The van der Waals surface area contributed by atoms with E-state index < -0.39 is 22.7 Å². The van der Waals surface area contributed by atoms with Gasteiger partial charge in [-0.2, -0.15) is 0 Å². The first-order valence-electron chi connectivity index (χ1n) is 9.85. The van der Waals surface area contributed by atoms with Crippen LogP contribution in [0.2, 0.25) is 0 Å². The summed E-state index contributed by atoms with van der Waals surface area (Å²) in [5, 5.41) is 22.0. The van der Waals surface area contributed by atoms with Crippen LogP contribution in [-0.2, 0) is 16.1 Å². The number of nitro groups is 1. The number of carbonyl (C=O) groups excluding carboxylic acids is 2. The summed E-state index contributed by atoms with van der Waals surface area (Å²) in [6.07, 6.45) is 3.20. The maximum absolute atomic E-state index is 13.0. The molecule has 2 heterocycles. The van der Waals surface area contributed by atoms with Gasteiger partial charge in [0.15, 0.2) is 0 Å². The van der Waals surface area contributed by atoms with Crippen LogP contribution in [0, 0.1) is 17.0 Å². The lowest BCUT2D eigenvalue weighted by molar-refractivity contribution is -0.384. The third-order valence-corrected chi connectivity index (χ3v) is 5.35. The first kappa shape index (κ1) is 20.9. The minimum absolute atomic E-state index is 0.0523. The van der Waals surface area contributed by atoms with Crippen molar-refractivity contribution in [3.63, 3.8) is 0 Å². The number of Topliss-reactive ketones (excluding diaryl/α,β-unsaturated/α-hetero) is 1. The predicted molar refractivity (Wildman–Crippen MR) is 116 cm³/mol. The molecule has 1 aliphatic heterocycles. The number of carbonyl (C=O) groups is 2. The molecule has 3 aromatic rings. The van der Waals surface area contributed by atoms with Crippen LogP contribution in [0.1, 0.15) is 28.3 Å². The number of aromatic nitrogens is 1. The molecule has 8 nitrogen and oxygen atoms in total. The van der Waals surface area contributed by atoms with Gasteiger partial charge in [0.2, 0.25) is 0 Å². The number of aryl methyl sites for hydroxylation is 1. The van der Waals surface area contributed by atoms with Gasteiger partial charge < -0.3 is 10.0 Å². The molecule has 32 heavy (non-hydrogen) atoms. The van der Waals surface area contributed by atoms with E-state index in [-0.39, 0.29) is 29.1 Å². The lowest BCUT2D eigenvalue weighted by Crippen LogP contribution is -2.29. The molecule has 160 valence electrons. The van der Waals surface area contributed by atoms with Crippen molar-refractivity contribution in [2.45, 2.75) is 19.5 Å². The fraction of sp³-hybridized carbons (Fsp3) is 0.125. The zero-order chi connectivity index (χ0) is 22.8. The molecule has 1 unspecified atom stereocenters. The van der Waals surface area contributed by atoms with Crippen molar-refractivity contribution < 1.29 is 19.6 Å². The Morgan fingerprint density at radius 1 is 1.09 bits per heavy atom. The number of aliphatic hydroxyl groups excluding tert-OH is 1. The molecule has 1 fully saturated rings. The number of amides is 1. The van der Waals surface area contributed by atoms with Crippen molar-refractivity contribution in [1.29, 1.82) is 0 Å². The van der Waals surface area contributed by atoms with Crippen LogP contribution in [0.5, 0.6) is 0 Å². The number of aliphatic hydroxyl groups is 1. The van der Waals surface area contributed by atoms with Gasteiger partial charge in [0, 0.05) is 36.6 Å². The quantitative estimate of drug-likeness (QED) is 0.216. The van der Waals surface area contributed by atoms with Gasteiger partial charge in [0.05, 0.1) is 16.5 Å². The second-order valence-electron chi connectivity index (χ2n) is 7.50. The number of pyridine rings is 1. The van der Waals surface area contributed by atoms with Crippen LogP contribution in [-0.4, -0.2) is 31.6 Å². The Bertz CT molecular complexity index is 1240. The van der Waals surface area contributed by atoms with Gasteiger partial charge in [0.25, 0.3) is 17.4 Å². The SMILES string of the molecule is Cc1cccc(C2/C(=C(/O)c3ccc([N+](=O)[O-])cc3)C(=O)C(=O)N2Cc2ccncc2)c1. The summed E-state index contributed by atoms with van der Waals surface area (Å²) in [5.74, 6) is -1.90. The summed E-state index contributed by atoms with van der Waals surface area (Å²) >= 11 is 0. The van der Waals surface area contributed by atoms with Crippen molar-refractivity contribution in [2.24, 2.45) is 0 Å². The first-order chi connectivity index (χ1) is 15.4. The maximum atomic E-state index is 13.0. The summed E-state index contributed by atoms with van der Waals surface area (Å²) < 4.78 is 0. The van der Waals surface area contributed by atoms with E-state index in [2.05, 4.69) is 4.98 Å². The van der Waals surface area contributed by atoms with Crippen LogP contribution in [0.4, 0.5) is 5.69 Å². The molecule has 2 aromatic carbocycles. The van der Waals surface area contributed by atoms with Crippen LogP contribution >= 0.6 is 0 Å². The molecule has 1 aliphatic rings. The van der Waals surface area contributed by atoms with E-state index >= 15 is 0 Å². The fourth-order valence-corrected chi connectivity index (χ4v) is 3.81. The lowest BCUT2D eigenvalue weighted by Gasteiger charge is -2.25. The van der Waals surface area contributed by atoms with E-state index in [1.54, 1.807) is 30.6 Å². The Hall–Kier alpha value is -4.33. The number of rotatable bonds is 5. The summed E-state index contributed by atoms with van der Waals surface area (Å²) in [7, 11) is 0. The number of ketones is 1. The third-order valence-electron chi connectivity index (χ3n) is 5.35. The Morgan fingerprint density at radius 3 is 2.41 bits per heavy atom. The average Bonchev–Trinajstić information content (AvgIpc) is 3.04. The summed E-state index contributed by atoms with van der Waals surface area (Å²) in [6, 6.07) is 15.3.